The van der Waals surface area contributed by atoms with Crippen LogP contribution < -0.4 is 5.32 Å². The molecule has 2 aromatic heterocycles. The number of aromatic nitrogens is 2. The maximum Gasteiger partial charge on any atom is 0.269 e. The van der Waals surface area contributed by atoms with E-state index < -0.39 is 0 Å². The molecule has 3 rings (SSSR count). The van der Waals surface area contributed by atoms with Gasteiger partial charge in [0.05, 0.1) is 16.9 Å². The smallest absolute Gasteiger partial charge is 0.269 e. The molecule has 130 valence electrons. The zero-order valence-corrected chi connectivity index (χ0v) is 16.0. The fourth-order valence-electron chi connectivity index (χ4n) is 2.91. The second-order valence-corrected chi connectivity index (χ2v) is 8.72. The third-order valence-corrected chi connectivity index (χ3v) is 6.24. The van der Waals surface area contributed by atoms with Crippen molar-refractivity contribution in [1.29, 1.82) is 0 Å². The topological polar surface area (TPSA) is 58.1 Å². The summed E-state index contributed by atoms with van der Waals surface area (Å²) in [5.41, 5.74) is 1.04. The molecule has 0 aliphatic carbocycles. The molecule has 24 heavy (non-hydrogen) atoms. The third kappa shape index (κ3) is 4.40. The molecule has 1 unspecified atom stereocenters. The van der Waals surface area contributed by atoms with Crippen LogP contribution in [0, 0.1) is 5.92 Å². The van der Waals surface area contributed by atoms with Gasteiger partial charge in [-0.15, -0.1) is 22.7 Å². The van der Waals surface area contributed by atoms with E-state index in [1.165, 1.54) is 35.5 Å². The fraction of sp³-hybridized carbons (Fsp3) is 0.588. The summed E-state index contributed by atoms with van der Waals surface area (Å²) >= 11 is 2.94. The van der Waals surface area contributed by atoms with E-state index in [4.69, 9.17) is 0 Å². The summed E-state index contributed by atoms with van der Waals surface area (Å²) in [4.78, 5) is 24.3. The predicted molar refractivity (Wildman–Crippen MR) is 99.9 cm³/mol. The second kappa shape index (κ2) is 7.72. The molecular formula is C17H24N4OS2. The number of nitrogens with zero attached hydrogens (tertiary/aromatic N) is 3. The minimum Gasteiger partial charge on any atom is -0.297 e. The Kier molecular flexibility index (Phi) is 5.63. The number of carbonyl (C=O) groups excluding carboxylic acids is 1. The predicted octanol–water partition coefficient (Wildman–Crippen LogP) is 4.21. The molecule has 1 saturated heterocycles. The van der Waals surface area contributed by atoms with Crippen LogP contribution in [-0.4, -0.2) is 33.9 Å². The Morgan fingerprint density at radius 3 is 3.04 bits per heavy atom. The van der Waals surface area contributed by atoms with Crippen LogP contribution in [0.1, 0.15) is 59.9 Å². The Bertz CT molecular complexity index is 694. The summed E-state index contributed by atoms with van der Waals surface area (Å²) in [5.74, 6) is 0.986. The lowest BCUT2D eigenvalue weighted by Gasteiger charge is -2.30. The number of rotatable bonds is 5. The van der Waals surface area contributed by atoms with E-state index in [2.05, 4.69) is 41.0 Å². The number of likely N-dealkylation sites (tertiary alicyclic amines) is 1. The van der Waals surface area contributed by atoms with Crippen molar-refractivity contribution in [2.75, 3.05) is 18.4 Å². The zero-order chi connectivity index (χ0) is 17.1. The minimum absolute atomic E-state index is 0.119. The van der Waals surface area contributed by atoms with E-state index in [0.29, 0.717) is 15.9 Å². The van der Waals surface area contributed by atoms with Gasteiger partial charge in [0.1, 0.15) is 4.88 Å². The first kappa shape index (κ1) is 17.5. The number of anilines is 1. The third-order valence-electron chi connectivity index (χ3n) is 4.14. The van der Waals surface area contributed by atoms with E-state index in [1.54, 1.807) is 6.20 Å². The lowest BCUT2D eigenvalue weighted by atomic mass is 10.0. The van der Waals surface area contributed by atoms with E-state index in [0.717, 1.165) is 36.3 Å². The van der Waals surface area contributed by atoms with E-state index in [1.807, 2.05) is 5.38 Å². The van der Waals surface area contributed by atoms with Crippen molar-refractivity contribution < 1.29 is 4.79 Å². The molecule has 5 nitrogen and oxygen atoms in total. The van der Waals surface area contributed by atoms with Gasteiger partial charge >= 0.3 is 0 Å². The molecule has 2 aromatic rings. The standard InChI is InChI=1S/C17H24N4OS2/c1-11(2)16-18-7-14(24-16)15(22)20-17-19-13(10-23-17)9-21-6-4-5-12(3)8-21/h7,10-12H,4-6,8-9H2,1-3H3,(H,19,20,22). The SMILES string of the molecule is CC1CCCN(Cc2csc(NC(=O)c3cnc(C(C)C)s3)n2)C1. The van der Waals surface area contributed by atoms with Crippen molar-refractivity contribution in [2.24, 2.45) is 5.92 Å². The van der Waals surface area contributed by atoms with E-state index in [9.17, 15) is 4.79 Å². The van der Waals surface area contributed by atoms with Gasteiger partial charge in [-0.05, 0) is 25.3 Å². The minimum atomic E-state index is -0.119. The molecule has 1 aliphatic rings. The lowest BCUT2D eigenvalue weighted by molar-refractivity contribution is 0.103. The Balaban J connectivity index is 1.57. The number of nitrogens with one attached hydrogen (secondary N) is 1. The van der Waals surface area contributed by atoms with Crippen molar-refractivity contribution in [3.05, 3.63) is 27.2 Å². The van der Waals surface area contributed by atoms with Crippen LogP contribution >= 0.6 is 22.7 Å². The summed E-state index contributed by atoms with van der Waals surface area (Å²) in [7, 11) is 0. The van der Waals surface area contributed by atoms with Crippen LogP contribution in [0.5, 0.6) is 0 Å². The maximum absolute atomic E-state index is 12.3. The average Bonchev–Trinajstić information content (AvgIpc) is 3.17. The summed E-state index contributed by atoms with van der Waals surface area (Å²) < 4.78 is 0. The van der Waals surface area contributed by atoms with Crippen LogP contribution in [0.25, 0.3) is 0 Å². The highest BCUT2D eigenvalue weighted by atomic mass is 32.1. The second-order valence-electron chi connectivity index (χ2n) is 6.80. The molecule has 0 spiro atoms. The Morgan fingerprint density at radius 1 is 1.50 bits per heavy atom. The highest BCUT2D eigenvalue weighted by molar-refractivity contribution is 7.15. The first-order valence-electron chi connectivity index (χ1n) is 8.45. The van der Waals surface area contributed by atoms with Gasteiger partial charge in [0.2, 0.25) is 0 Å². The number of thiazole rings is 2. The number of piperidine rings is 1. The Labute approximate surface area is 151 Å². The summed E-state index contributed by atoms with van der Waals surface area (Å²) in [5, 5.41) is 6.59. The van der Waals surface area contributed by atoms with Gasteiger partial charge in [-0.2, -0.15) is 0 Å². The molecule has 0 saturated carbocycles. The van der Waals surface area contributed by atoms with Crippen molar-refractivity contribution >= 4 is 33.7 Å². The Hall–Kier alpha value is -1.31. The average molecular weight is 365 g/mol. The highest BCUT2D eigenvalue weighted by Crippen LogP contribution is 2.24. The summed E-state index contributed by atoms with van der Waals surface area (Å²) in [6.07, 6.45) is 4.24. The van der Waals surface area contributed by atoms with Gasteiger partial charge in [0.15, 0.2) is 5.13 Å². The van der Waals surface area contributed by atoms with Crippen molar-refractivity contribution in [3.63, 3.8) is 0 Å². The van der Waals surface area contributed by atoms with Gasteiger partial charge in [-0.3, -0.25) is 15.0 Å². The number of hydrogen-bond acceptors (Lipinski definition) is 6. The van der Waals surface area contributed by atoms with Gasteiger partial charge in [-0.25, -0.2) is 9.97 Å². The molecule has 7 heteroatoms. The largest absolute Gasteiger partial charge is 0.297 e. The van der Waals surface area contributed by atoms with E-state index >= 15 is 0 Å². The monoisotopic (exact) mass is 364 g/mol. The molecule has 1 amide bonds. The maximum atomic E-state index is 12.3. The van der Waals surface area contributed by atoms with Crippen LogP contribution in [0.3, 0.4) is 0 Å². The van der Waals surface area contributed by atoms with Crippen LogP contribution in [-0.2, 0) is 6.54 Å². The van der Waals surface area contributed by atoms with Crippen LogP contribution in [0.4, 0.5) is 5.13 Å². The number of hydrogen-bond donors (Lipinski definition) is 1. The summed E-state index contributed by atoms with van der Waals surface area (Å²) in [6, 6.07) is 0. The van der Waals surface area contributed by atoms with Gasteiger partial charge in [0, 0.05) is 24.4 Å². The molecule has 1 N–H and O–H groups in total. The first-order chi connectivity index (χ1) is 11.5. The molecule has 1 aliphatic heterocycles. The van der Waals surface area contributed by atoms with Gasteiger partial charge in [-0.1, -0.05) is 20.8 Å². The first-order valence-corrected chi connectivity index (χ1v) is 10.1. The van der Waals surface area contributed by atoms with E-state index in [-0.39, 0.29) is 5.91 Å². The molecule has 3 heterocycles. The fourth-order valence-corrected chi connectivity index (χ4v) is 4.43. The lowest BCUT2D eigenvalue weighted by Crippen LogP contribution is -2.33. The van der Waals surface area contributed by atoms with Gasteiger partial charge < -0.3 is 0 Å². The van der Waals surface area contributed by atoms with Crippen molar-refractivity contribution in [2.45, 2.75) is 46.1 Å². The summed E-state index contributed by atoms with van der Waals surface area (Å²) in [6.45, 7) is 9.61. The Morgan fingerprint density at radius 2 is 2.33 bits per heavy atom. The molecular weight excluding hydrogens is 340 g/mol. The van der Waals surface area contributed by atoms with Crippen molar-refractivity contribution in [1.82, 2.24) is 14.9 Å². The number of carbonyl (C=O) groups is 1. The normalized spacial score (nSPS) is 18.9. The molecule has 0 aromatic carbocycles. The van der Waals surface area contributed by atoms with Crippen LogP contribution in [0.15, 0.2) is 11.6 Å². The molecule has 1 fully saturated rings. The zero-order valence-electron chi connectivity index (χ0n) is 14.4. The van der Waals surface area contributed by atoms with Gasteiger partial charge in [0.25, 0.3) is 5.91 Å². The van der Waals surface area contributed by atoms with Crippen molar-refractivity contribution in [3.8, 4) is 0 Å². The number of amides is 1. The molecule has 0 radical (unpaired) electrons. The van der Waals surface area contributed by atoms with Crippen LogP contribution in [0.2, 0.25) is 0 Å². The quantitative estimate of drug-likeness (QED) is 0.863. The molecule has 0 bridgehead atoms. The highest BCUT2D eigenvalue weighted by Gasteiger charge is 2.18. The molecule has 1 atom stereocenters.